The molecule has 2 aliphatic rings. The Morgan fingerprint density at radius 3 is 2.44 bits per heavy atom. The minimum atomic E-state index is 0.213. The maximum absolute atomic E-state index is 5.70. The summed E-state index contributed by atoms with van der Waals surface area (Å²) in [4.78, 5) is 0. The number of ether oxygens (including phenoxy) is 1. The molecule has 5 unspecified atom stereocenters. The molecule has 0 radical (unpaired) electrons. The fourth-order valence-electron chi connectivity index (χ4n) is 3.17. The van der Waals surface area contributed by atoms with Gasteiger partial charge in [0, 0.05) is 18.2 Å². The van der Waals surface area contributed by atoms with Crippen molar-refractivity contribution in [2.75, 3.05) is 6.61 Å². The highest BCUT2D eigenvalue weighted by Gasteiger charge is 2.39. The number of hydrogen-bond acceptors (Lipinski definition) is 2. The van der Waals surface area contributed by atoms with E-state index < -0.39 is 0 Å². The Labute approximate surface area is 100 Å². The van der Waals surface area contributed by atoms with Gasteiger partial charge in [0.1, 0.15) is 0 Å². The monoisotopic (exact) mass is 225 g/mol. The molecule has 1 aliphatic carbocycles. The molecule has 1 aliphatic heterocycles. The molecule has 1 heterocycles. The van der Waals surface area contributed by atoms with Crippen LogP contribution in [0.25, 0.3) is 0 Å². The van der Waals surface area contributed by atoms with Gasteiger partial charge in [0.25, 0.3) is 0 Å². The smallest absolute Gasteiger partial charge is 0.0726 e. The molecule has 2 rings (SSSR count). The third-order valence-electron chi connectivity index (χ3n) is 5.02. The van der Waals surface area contributed by atoms with Crippen LogP contribution in [0, 0.1) is 11.8 Å². The van der Waals surface area contributed by atoms with Crippen LogP contribution in [0.2, 0.25) is 0 Å². The van der Waals surface area contributed by atoms with Crippen LogP contribution < -0.4 is 5.32 Å². The molecule has 16 heavy (non-hydrogen) atoms. The fraction of sp³-hybridized carbons (Fsp3) is 1.00. The molecule has 5 atom stereocenters. The lowest BCUT2D eigenvalue weighted by Gasteiger charge is -2.39. The van der Waals surface area contributed by atoms with Crippen LogP contribution in [0.4, 0.5) is 0 Å². The highest BCUT2D eigenvalue weighted by Crippen LogP contribution is 2.33. The molecule has 94 valence electrons. The molecule has 1 saturated carbocycles. The van der Waals surface area contributed by atoms with Crippen molar-refractivity contribution in [2.45, 2.75) is 71.1 Å². The van der Waals surface area contributed by atoms with Crippen LogP contribution in [0.3, 0.4) is 0 Å². The summed E-state index contributed by atoms with van der Waals surface area (Å²) < 4.78 is 5.70. The van der Waals surface area contributed by atoms with Crippen molar-refractivity contribution in [3.63, 3.8) is 0 Å². The molecule has 0 spiro atoms. The predicted molar refractivity (Wildman–Crippen MR) is 67.5 cm³/mol. The minimum absolute atomic E-state index is 0.213. The van der Waals surface area contributed by atoms with Gasteiger partial charge in [-0.15, -0.1) is 0 Å². The van der Waals surface area contributed by atoms with Crippen LogP contribution in [0.15, 0.2) is 0 Å². The first-order chi connectivity index (χ1) is 7.51. The molecule has 0 amide bonds. The lowest BCUT2D eigenvalue weighted by molar-refractivity contribution is 0.0770. The lowest BCUT2D eigenvalue weighted by atomic mass is 9.78. The standard InChI is InChI=1S/C14H27NO/c1-10-5-6-13(9-11(10)2)15-14(4)7-8-16-12(14)3/h10-13,15H,5-9H2,1-4H3. The number of rotatable bonds is 2. The van der Waals surface area contributed by atoms with E-state index in [0.717, 1.165) is 24.9 Å². The van der Waals surface area contributed by atoms with Crippen molar-refractivity contribution in [1.29, 1.82) is 0 Å². The van der Waals surface area contributed by atoms with Crippen molar-refractivity contribution in [3.8, 4) is 0 Å². The van der Waals surface area contributed by atoms with E-state index in [9.17, 15) is 0 Å². The van der Waals surface area contributed by atoms with E-state index in [1.165, 1.54) is 19.3 Å². The summed E-state index contributed by atoms with van der Waals surface area (Å²) in [6, 6.07) is 0.709. The van der Waals surface area contributed by atoms with Crippen LogP contribution in [0.5, 0.6) is 0 Å². The number of nitrogens with one attached hydrogen (secondary N) is 1. The molecule has 1 N–H and O–H groups in total. The van der Waals surface area contributed by atoms with E-state index >= 15 is 0 Å². The zero-order chi connectivity index (χ0) is 11.8. The van der Waals surface area contributed by atoms with Crippen molar-refractivity contribution in [3.05, 3.63) is 0 Å². The van der Waals surface area contributed by atoms with Crippen LogP contribution in [-0.4, -0.2) is 24.3 Å². The SMILES string of the molecule is CC1CCC(NC2(C)CCOC2C)CC1C. The Bertz CT molecular complexity index is 243. The van der Waals surface area contributed by atoms with Gasteiger partial charge >= 0.3 is 0 Å². The zero-order valence-electron chi connectivity index (χ0n) is 11.3. The summed E-state index contributed by atoms with van der Waals surface area (Å²) in [6.07, 6.45) is 5.58. The lowest BCUT2D eigenvalue weighted by Crippen LogP contribution is -2.53. The fourth-order valence-corrected chi connectivity index (χ4v) is 3.17. The Morgan fingerprint density at radius 1 is 1.12 bits per heavy atom. The Kier molecular flexibility index (Phi) is 3.60. The average Bonchev–Trinajstić information content (AvgIpc) is 2.53. The first-order valence-electron chi connectivity index (χ1n) is 6.90. The van der Waals surface area contributed by atoms with Gasteiger partial charge in [0.15, 0.2) is 0 Å². The second-order valence-electron chi connectivity index (χ2n) is 6.29. The van der Waals surface area contributed by atoms with Gasteiger partial charge in [-0.1, -0.05) is 13.8 Å². The average molecular weight is 225 g/mol. The van der Waals surface area contributed by atoms with Gasteiger partial charge in [-0.3, -0.25) is 0 Å². The van der Waals surface area contributed by atoms with E-state index in [1.807, 2.05) is 0 Å². The van der Waals surface area contributed by atoms with Crippen LogP contribution in [0.1, 0.15) is 53.4 Å². The zero-order valence-corrected chi connectivity index (χ0v) is 11.3. The van der Waals surface area contributed by atoms with Crippen LogP contribution >= 0.6 is 0 Å². The molecule has 2 fully saturated rings. The van der Waals surface area contributed by atoms with Crippen molar-refractivity contribution in [1.82, 2.24) is 5.32 Å². The van der Waals surface area contributed by atoms with Gasteiger partial charge < -0.3 is 10.1 Å². The third kappa shape index (κ3) is 2.43. The molecule has 0 aromatic heterocycles. The van der Waals surface area contributed by atoms with Gasteiger partial charge in [-0.25, -0.2) is 0 Å². The Morgan fingerprint density at radius 2 is 1.88 bits per heavy atom. The largest absolute Gasteiger partial charge is 0.377 e. The van der Waals surface area contributed by atoms with E-state index in [1.54, 1.807) is 0 Å². The van der Waals surface area contributed by atoms with Gasteiger partial charge in [-0.05, 0) is 51.4 Å². The molecule has 0 bridgehead atoms. The second kappa shape index (κ2) is 4.66. The molecule has 1 saturated heterocycles. The minimum Gasteiger partial charge on any atom is -0.377 e. The van der Waals surface area contributed by atoms with Crippen molar-refractivity contribution in [2.24, 2.45) is 11.8 Å². The summed E-state index contributed by atoms with van der Waals surface area (Å²) >= 11 is 0. The highest BCUT2D eigenvalue weighted by atomic mass is 16.5. The van der Waals surface area contributed by atoms with Crippen LogP contribution in [-0.2, 0) is 4.74 Å². The van der Waals surface area contributed by atoms with Gasteiger partial charge in [0.05, 0.1) is 6.10 Å². The first kappa shape index (κ1) is 12.4. The third-order valence-corrected chi connectivity index (χ3v) is 5.02. The molecular formula is C14H27NO. The molecule has 0 aromatic carbocycles. The second-order valence-corrected chi connectivity index (χ2v) is 6.29. The summed E-state index contributed by atoms with van der Waals surface area (Å²) in [7, 11) is 0. The molecule has 2 nitrogen and oxygen atoms in total. The maximum atomic E-state index is 5.70. The van der Waals surface area contributed by atoms with E-state index in [4.69, 9.17) is 4.74 Å². The quantitative estimate of drug-likeness (QED) is 0.780. The van der Waals surface area contributed by atoms with Gasteiger partial charge in [-0.2, -0.15) is 0 Å². The molecule has 0 aromatic rings. The van der Waals surface area contributed by atoms with Crippen molar-refractivity contribution < 1.29 is 4.74 Å². The molecular weight excluding hydrogens is 198 g/mol. The molecule has 2 heteroatoms. The summed E-state index contributed by atoms with van der Waals surface area (Å²) in [5, 5.41) is 3.87. The Balaban J connectivity index is 1.90. The van der Waals surface area contributed by atoms with Gasteiger partial charge in [0.2, 0.25) is 0 Å². The summed E-state index contributed by atoms with van der Waals surface area (Å²) in [5.41, 5.74) is 0.213. The summed E-state index contributed by atoms with van der Waals surface area (Å²) in [5.74, 6) is 1.77. The first-order valence-corrected chi connectivity index (χ1v) is 6.90. The topological polar surface area (TPSA) is 21.3 Å². The van der Waals surface area contributed by atoms with Crippen molar-refractivity contribution >= 4 is 0 Å². The van der Waals surface area contributed by atoms with E-state index in [-0.39, 0.29) is 5.54 Å². The Hall–Kier alpha value is -0.0800. The maximum Gasteiger partial charge on any atom is 0.0726 e. The number of hydrogen-bond donors (Lipinski definition) is 1. The van der Waals surface area contributed by atoms with E-state index in [2.05, 4.69) is 33.0 Å². The summed E-state index contributed by atoms with van der Waals surface area (Å²) in [6.45, 7) is 10.2. The van der Waals surface area contributed by atoms with E-state index in [0.29, 0.717) is 12.1 Å². The normalized spacial score (nSPS) is 49.5. The predicted octanol–water partition coefficient (Wildman–Crippen LogP) is 2.97. The highest BCUT2D eigenvalue weighted by molar-refractivity contribution is 4.96.